The molecule has 0 N–H and O–H groups in total. The van der Waals surface area contributed by atoms with E-state index in [1.165, 1.54) is 0 Å². The molecule has 0 fully saturated rings. The molecule has 2 aromatic rings. The summed E-state index contributed by atoms with van der Waals surface area (Å²) in [5.74, 6) is 0. The lowest BCUT2D eigenvalue weighted by molar-refractivity contribution is 0.112. The molecule has 0 atom stereocenters. The van der Waals surface area contributed by atoms with E-state index in [-0.39, 0.29) is 0 Å². The van der Waals surface area contributed by atoms with Gasteiger partial charge in [-0.15, -0.1) is 0 Å². The van der Waals surface area contributed by atoms with E-state index in [1.54, 1.807) is 24.5 Å². The number of rotatable bonds is 1. The summed E-state index contributed by atoms with van der Waals surface area (Å²) < 4.78 is 1.48. The monoisotopic (exact) mass is 342 g/mol. The average molecular weight is 344 g/mol. The third kappa shape index (κ3) is 4.63. The van der Waals surface area contributed by atoms with E-state index in [2.05, 4.69) is 41.8 Å². The van der Waals surface area contributed by atoms with Crippen LogP contribution in [0.25, 0.3) is 0 Å². The molecule has 3 nitrogen and oxygen atoms in total. The summed E-state index contributed by atoms with van der Waals surface area (Å²) in [4.78, 5) is 17.9. The second-order valence-corrected chi connectivity index (χ2v) is 4.22. The molecule has 5 heteroatoms. The maximum atomic E-state index is 10.2. The van der Waals surface area contributed by atoms with Crippen molar-refractivity contribution in [3.05, 3.63) is 57.5 Å². The van der Waals surface area contributed by atoms with Gasteiger partial charge in [0.2, 0.25) is 0 Å². The zero-order chi connectivity index (χ0) is 11.8. The minimum atomic E-state index is 0.581. The molecule has 0 saturated heterocycles. The first-order valence-corrected chi connectivity index (χ1v) is 5.95. The van der Waals surface area contributed by atoms with Crippen molar-refractivity contribution < 1.29 is 4.79 Å². The van der Waals surface area contributed by atoms with E-state index < -0.39 is 0 Å². The molecule has 0 amide bonds. The number of aldehydes is 1. The Morgan fingerprint density at radius 3 is 2.12 bits per heavy atom. The largest absolute Gasteiger partial charge is 0.298 e. The number of halogens is 2. The molecule has 0 aromatic carbocycles. The van der Waals surface area contributed by atoms with E-state index in [9.17, 15) is 4.79 Å². The van der Waals surface area contributed by atoms with Gasteiger partial charge in [-0.3, -0.25) is 4.79 Å². The predicted octanol–water partition coefficient (Wildman–Crippen LogP) is 3.50. The molecule has 0 spiro atoms. The average Bonchev–Trinajstić information content (AvgIpc) is 2.31. The van der Waals surface area contributed by atoms with Gasteiger partial charge in [0.15, 0.2) is 6.29 Å². The normalized spacial score (nSPS) is 8.88. The Morgan fingerprint density at radius 1 is 1.00 bits per heavy atom. The molecule has 2 heterocycles. The Labute approximate surface area is 110 Å². The molecule has 82 valence electrons. The van der Waals surface area contributed by atoms with Gasteiger partial charge in [0.05, 0.1) is 0 Å². The van der Waals surface area contributed by atoms with E-state index >= 15 is 0 Å². The number of hydrogen-bond acceptors (Lipinski definition) is 3. The van der Waals surface area contributed by atoms with Crippen molar-refractivity contribution in [2.75, 3.05) is 0 Å². The lowest BCUT2D eigenvalue weighted by Crippen LogP contribution is -1.82. The van der Waals surface area contributed by atoms with Crippen molar-refractivity contribution in [2.24, 2.45) is 0 Å². The highest BCUT2D eigenvalue weighted by Crippen LogP contribution is 2.08. The Bertz CT molecular complexity index is 449. The topological polar surface area (TPSA) is 42.9 Å². The molecule has 0 aliphatic heterocycles. The summed E-state index contributed by atoms with van der Waals surface area (Å²) in [6.45, 7) is 0. The van der Waals surface area contributed by atoms with Crippen molar-refractivity contribution in [3.63, 3.8) is 0 Å². The van der Waals surface area contributed by atoms with Gasteiger partial charge in [-0.1, -0.05) is 6.07 Å². The molecule has 0 saturated carbocycles. The highest BCUT2D eigenvalue weighted by Gasteiger charge is 1.93. The van der Waals surface area contributed by atoms with Gasteiger partial charge in [-0.25, -0.2) is 9.97 Å². The lowest BCUT2D eigenvalue weighted by atomic mass is 10.3. The Balaban J connectivity index is 0.000000165. The van der Waals surface area contributed by atoms with Gasteiger partial charge in [0.1, 0.15) is 9.21 Å². The van der Waals surface area contributed by atoms with Gasteiger partial charge in [-0.2, -0.15) is 0 Å². The summed E-state index contributed by atoms with van der Waals surface area (Å²) in [6.07, 6.45) is 4.12. The van der Waals surface area contributed by atoms with E-state index in [0.29, 0.717) is 10.2 Å². The van der Waals surface area contributed by atoms with Crippen LogP contribution >= 0.6 is 31.9 Å². The van der Waals surface area contributed by atoms with Crippen molar-refractivity contribution in [2.45, 2.75) is 0 Å². The summed E-state index contributed by atoms with van der Waals surface area (Å²) in [5, 5.41) is 0. The van der Waals surface area contributed by atoms with Crippen LogP contribution in [0.5, 0.6) is 0 Å². The number of hydrogen-bond donors (Lipinski definition) is 0. The highest BCUT2D eigenvalue weighted by molar-refractivity contribution is 9.10. The molecule has 0 unspecified atom stereocenters. The maximum Gasteiger partial charge on any atom is 0.152 e. The Hall–Kier alpha value is -1.07. The van der Waals surface area contributed by atoms with E-state index in [4.69, 9.17) is 0 Å². The summed E-state index contributed by atoms with van der Waals surface area (Å²) in [5.41, 5.74) is 0.581. The number of pyridine rings is 2. The molecule has 2 rings (SSSR count). The maximum absolute atomic E-state index is 10.2. The molecule has 0 aliphatic rings. The number of nitrogens with zero attached hydrogens (tertiary/aromatic N) is 2. The molecule has 0 aliphatic carbocycles. The summed E-state index contributed by atoms with van der Waals surface area (Å²) in [7, 11) is 0. The Morgan fingerprint density at radius 2 is 1.75 bits per heavy atom. The van der Waals surface area contributed by atoms with Crippen molar-refractivity contribution in [3.8, 4) is 0 Å². The molecular formula is C11H8Br2N2O. The number of carbonyl (C=O) groups excluding carboxylic acids is 1. The second kappa shape index (κ2) is 7.24. The first kappa shape index (κ1) is 13.0. The zero-order valence-corrected chi connectivity index (χ0v) is 11.3. The quantitative estimate of drug-likeness (QED) is 0.588. The van der Waals surface area contributed by atoms with E-state index in [1.807, 2.05) is 18.2 Å². The van der Waals surface area contributed by atoms with Crippen LogP contribution in [0.4, 0.5) is 0 Å². The molecule has 0 bridgehead atoms. The SMILES string of the molecule is Brc1ccccn1.O=Cc1cccnc1Br. The number of aromatic nitrogens is 2. The van der Waals surface area contributed by atoms with Gasteiger partial charge in [0.25, 0.3) is 0 Å². The fraction of sp³-hybridized carbons (Fsp3) is 0. The highest BCUT2D eigenvalue weighted by atomic mass is 79.9. The van der Waals surface area contributed by atoms with Gasteiger partial charge >= 0.3 is 0 Å². The van der Waals surface area contributed by atoms with Crippen LogP contribution in [0.1, 0.15) is 10.4 Å². The fourth-order valence-corrected chi connectivity index (χ4v) is 1.44. The summed E-state index contributed by atoms with van der Waals surface area (Å²) in [6, 6.07) is 9.11. The first-order valence-electron chi connectivity index (χ1n) is 4.36. The fourth-order valence-electron chi connectivity index (χ4n) is 0.828. The van der Waals surface area contributed by atoms with Crippen molar-refractivity contribution in [1.82, 2.24) is 9.97 Å². The second-order valence-electron chi connectivity index (χ2n) is 2.65. The smallest absolute Gasteiger partial charge is 0.152 e. The van der Waals surface area contributed by atoms with Gasteiger partial charge < -0.3 is 0 Å². The molecule has 16 heavy (non-hydrogen) atoms. The van der Waals surface area contributed by atoms with Crippen LogP contribution in [0.15, 0.2) is 51.9 Å². The molecule has 0 radical (unpaired) electrons. The third-order valence-corrected chi connectivity index (χ3v) is 2.68. The van der Waals surface area contributed by atoms with Crippen molar-refractivity contribution in [1.29, 1.82) is 0 Å². The third-order valence-electron chi connectivity index (χ3n) is 1.54. The van der Waals surface area contributed by atoms with E-state index in [0.717, 1.165) is 10.9 Å². The van der Waals surface area contributed by atoms with Gasteiger partial charge in [0, 0.05) is 18.0 Å². The van der Waals surface area contributed by atoms with Crippen LogP contribution in [0.2, 0.25) is 0 Å². The molecule has 2 aromatic heterocycles. The standard InChI is InChI=1S/C6H4BrNO.C5H4BrN/c7-6-5(4-9)2-1-3-8-6;6-5-3-1-2-4-7-5/h1-4H;1-4H. The lowest BCUT2D eigenvalue weighted by Gasteiger charge is -1.89. The molecular weight excluding hydrogens is 336 g/mol. The van der Waals surface area contributed by atoms with Crippen LogP contribution in [-0.4, -0.2) is 16.3 Å². The van der Waals surface area contributed by atoms with Crippen LogP contribution in [0, 0.1) is 0 Å². The summed E-state index contributed by atoms with van der Waals surface area (Å²) >= 11 is 6.31. The first-order chi connectivity index (χ1) is 7.74. The van der Waals surface area contributed by atoms with Crippen LogP contribution < -0.4 is 0 Å². The predicted molar refractivity (Wildman–Crippen MR) is 69.3 cm³/mol. The van der Waals surface area contributed by atoms with Crippen LogP contribution in [0.3, 0.4) is 0 Å². The van der Waals surface area contributed by atoms with Crippen molar-refractivity contribution >= 4 is 38.1 Å². The van der Waals surface area contributed by atoms with Gasteiger partial charge in [-0.05, 0) is 56.1 Å². The van der Waals surface area contributed by atoms with Crippen LogP contribution in [-0.2, 0) is 0 Å². The zero-order valence-electron chi connectivity index (χ0n) is 8.18. The minimum Gasteiger partial charge on any atom is -0.298 e. The minimum absolute atomic E-state index is 0.581. The Kier molecular flexibility index (Phi) is 5.88. The number of carbonyl (C=O) groups is 1.